The zero-order valence-corrected chi connectivity index (χ0v) is 21.5. The number of esters is 1. The lowest BCUT2D eigenvalue weighted by Gasteiger charge is -2.23. The van der Waals surface area contributed by atoms with Gasteiger partial charge < -0.3 is 9.47 Å². The molecule has 1 aromatic heterocycles. The molecule has 0 N–H and O–H groups in total. The second kappa shape index (κ2) is 9.76. The molecule has 4 heteroatoms. The third kappa shape index (κ3) is 4.54. The van der Waals surface area contributed by atoms with E-state index in [0.717, 1.165) is 49.0 Å². The van der Waals surface area contributed by atoms with Crippen LogP contribution in [0.25, 0.3) is 25.1 Å². The van der Waals surface area contributed by atoms with E-state index in [1.54, 1.807) is 0 Å². The lowest BCUT2D eigenvalue weighted by molar-refractivity contribution is -0.156. The van der Waals surface area contributed by atoms with Crippen LogP contribution in [0, 0.1) is 25.7 Å². The second-order valence-electron chi connectivity index (χ2n) is 9.30. The van der Waals surface area contributed by atoms with Crippen LogP contribution >= 0.6 is 10.5 Å². The molecule has 5 rings (SSSR count). The van der Waals surface area contributed by atoms with Gasteiger partial charge in [0.15, 0.2) is 26.5 Å². The highest BCUT2D eigenvalue weighted by atomic mass is 32.2. The molecule has 1 aliphatic rings. The first kappa shape index (κ1) is 23.5. The first-order chi connectivity index (χ1) is 17.0. The van der Waals surface area contributed by atoms with Crippen LogP contribution in [0.3, 0.4) is 0 Å². The number of carbonyl (C=O) groups excluding carboxylic acids is 1. The van der Waals surface area contributed by atoms with E-state index in [1.165, 1.54) is 25.1 Å². The van der Waals surface area contributed by atoms with Gasteiger partial charge in [-0.15, -0.1) is 0 Å². The summed E-state index contributed by atoms with van der Waals surface area (Å²) in [4.78, 5) is 14.0. The Morgan fingerprint density at radius 3 is 2.09 bits per heavy atom. The number of hydrogen-bond donors (Lipinski definition) is 0. The maximum Gasteiger partial charge on any atom is 0.345 e. The Bertz CT molecular complexity index is 1380. The molecule has 0 aliphatic heterocycles. The number of aryl methyl sites for hydroxylation is 2. The van der Waals surface area contributed by atoms with Gasteiger partial charge in [0.2, 0.25) is 0 Å². The predicted octanol–water partition coefficient (Wildman–Crippen LogP) is 8.00. The number of hydrogen-bond acceptors (Lipinski definition) is 3. The Morgan fingerprint density at radius 2 is 1.51 bits per heavy atom. The monoisotopic (exact) mass is 483 g/mol. The molecule has 0 unspecified atom stereocenters. The SMILES string of the molecule is CCC#CC1(OC(=O)COc2c(C)cc(-[s+]3c4ccccc4c4ccccc43)cc2C)CCCC1. The van der Waals surface area contributed by atoms with Gasteiger partial charge in [0.1, 0.15) is 5.75 Å². The van der Waals surface area contributed by atoms with Gasteiger partial charge >= 0.3 is 5.97 Å². The average molecular weight is 484 g/mol. The van der Waals surface area contributed by atoms with Gasteiger partial charge in [-0.05, 0) is 74.9 Å². The minimum absolute atomic E-state index is 0.103. The molecule has 0 radical (unpaired) electrons. The van der Waals surface area contributed by atoms with Crippen molar-refractivity contribution in [2.24, 2.45) is 0 Å². The molecule has 1 saturated carbocycles. The molecule has 4 aromatic rings. The third-order valence-electron chi connectivity index (χ3n) is 6.72. The van der Waals surface area contributed by atoms with Crippen molar-refractivity contribution in [2.45, 2.75) is 58.5 Å². The minimum Gasteiger partial charge on any atom is -0.481 e. The Kier molecular flexibility index (Phi) is 6.54. The zero-order valence-electron chi connectivity index (χ0n) is 20.6. The van der Waals surface area contributed by atoms with Gasteiger partial charge in [-0.1, -0.05) is 43.0 Å². The smallest absolute Gasteiger partial charge is 0.345 e. The van der Waals surface area contributed by atoms with Crippen LogP contribution in [0.1, 0.15) is 50.2 Å². The van der Waals surface area contributed by atoms with Crippen molar-refractivity contribution < 1.29 is 14.3 Å². The summed E-state index contributed by atoms with van der Waals surface area (Å²) in [6.45, 7) is 6.02. The standard InChI is InChI=1S/C31H31O3S/c1-4-5-16-31(17-10-11-18-31)34-29(32)21-33-30-22(2)19-24(20-23(30)3)35-27-14-8-6-12-25(27)26-13-7-9-15-28(26)35/h6-9,12-15,19-20H,4,10-11,17-18,21H2,1-3H3/q+1. The van der Waals surface area contributed by atoms with E-state index in [0.29, 0.717) is 0 Å². The predicted molar refractivity (Wildman–Crippen MR) is 146 cm³/mol. The van der Waals surface area contributed by atoms with Gasteiger partial charge in [0.05, 0.1) is 0 Å². The Balaban J connectivity index is 1.41. The molecule has 0 spiro atoms. The van der Waals surface area contributed by atoms with Crippen LogP contribution in [-0.2, 0) is 9.53 Å². The van der Waals surface area contributed by atoms with Crippen molar-refractivity contribution in [3.05, 3.63) is 71.8 Å². The maximum absolute atomic E-state index is 12.7. The Morgan fingerprint density at radius 1 is 0.943 bits per heavy atom. The number of carbonyl (C=O) groups is 1. The van der Waals surface area contributed by atoms with E-state index in [-0.39, 0.29) is 23.0 Å². The first-order valence-electron chi connectivity index (χ1n) is 12.4. The summed E-state index contributed by atoms with van der Waals surface area (Å²) >= 11 is 0. The number of fused-ring (bicyclic) bond motifs is 3. The van der Waals surface area contributed by atoms with Gasteiger partial charge in [0, 0.05) is 39.8 Å². The molecule has 178 valence electrons. The van der Waals surface area contributed by atoms with Crippen molar-refractivity contribution in [3.63, 3.8) is 0 Å². The van der Waals surface area contributed by atoms with E-state index in [1.807, 2.05) is 6.92 Å². The summed E-state index contributed by atoms with van der Waals surface area (Å²) in [5.41, 5.74) is 1.43. The second-order valence-corrected chi connectivity index (χ2v) is 11.3. The molecule has 0 saturated heterocycles. The molecule has 0 bridgehead atoms. The van der Waals surface area contributed by atoms with Gasteiger partial charge in [-0.25, -0.2) is 4.79 Å². The van der Waals surface area contributed by atoms with Crippen molar-refractivity contribution in [3.8, 4) is 22.5 Å². The molecule has 1 heterocycles. The van der Waals surface area contributed by atoms with Gasteiger partial charge in [0.25, 0.3) is 0 Å². The Hall–Kier alpha value is -3.29. The van der Waals surface area contributed by atoms with Crippen LogP contribution in [0.15, 0.2) is 60.7 Å². The zero-order chi connectivity index (χ0) is 24.4. The number of thiophene rings is 1. The lowest BCUT2D eigenvalue weighted by atomic mass is 10.0. The first-order valence-corrected chi connectivity index (χ1v) is 13.6. The van der Waals surface area contributed by atoms with E-state index >= 15 is 0 Å². The normalized spacial score (nSPS) is 14.6. The molecule has 0 atom stereocenters. The third-order valence-corrected chi connectivity index (χ3v) is 9.02. The fraction of sp³-hybridized carbons (Fsp3) is 0.323. The average Bonchev–Trinajstić information content (AvgIpc) is 3.45. The summed E-state index contributed by atoms with van der Waals surface area (Å²) in [7, 11) is -0.157. The summed E-state index contributed by atoms with van der Waals surface area (Å²) < 4.78 is 14.6. The molecule has 3 nitrogen and oxygen atoms in total. The maximum atomic E-state index is 12.7. The largest absolute Gasteiger partial charge is 0.481 e. The van der Waals surface area contributed by atoms with Gasteiger partial charge in [-0.3, -0.25) is 0 Å². The van der Waals surface area contributed by atoms with Crippen LogP contribution < -0.4 is 4.74 Å². The highest BCUT2D eigenvalue weighted by molar-refractivity contribution is 7.50. The summed E-state index contributed by atoms with van der Waals surface area (Å²) in [5, 5.41) is 2.63. The van der Waals surface area contributed by atoms with E-state index in [2.05, 4.69) is 86.4 Å². The van der Waals surface area contributed by atoms with Crippen LogP contribution in [0.4, 0.5) is 0 Å². The summed E-state index contributed by atoms with van der Waals surface area (Å²) in [6.07, 6.45) is 4.46. The number of ether oxygens (including phenoxy) is 2. The Labute approximate surface area is 210 Å². The molecule has 0 amide bonds. The topological polar surface area (TPSA) is 35.5 Å². The molecule has 35 heavy (non-hydrogen) atoms. The van der Waals surface area contributed by atoms with Crippen molar-refractivity contribution in [1.82, 2.24) is 0 Å². The quantitative estimate of drug-likeness (QED) is 0.164. The highest BCUT2D eigenvalue weighted by Crippen LogP contribution is 2.49. The lowest BCUT2D eigenvalue weighted by Crippen LogP contribution is -2.32. The summed E-state index contributed by atoms with van der Waals surface area (Å²) in [6, 6.07) is 21.8. The minimum atomic E-state index is -0.630. The van der Waals surface area contributed by atoms with Crippen molar-refractivity contribution in [1.29, 1.82) is 0 Å². The van der Waals surface area contributed by atoms with Crippen molar-refractivity contribution in [2.75, 3.05) is 6.61 Å². The van der Waals surface area contributed by atoms with Gasteiger partial charge in [-0.2, -0.15) is 0 Å². The number of rotatable bonds is 5. The van der Waals surface area contributed by atoms with E-state index in [4.69, 9.17) is 9.47 Å². The molecule has 1 fully saturated rings. The fourth-order valence-electron chi connectivity index (χ4n) is 5.19. The van der Waals surface area contributed by atoms with E-state index < -0.39 is 5.60 Å². The van der Waals surface area contributed by atoms with Crippen molar-refractivity contribution >= 4 is 36.6 Å². The molecule has 1 aliphatic carbocycles. The summed E-state index contributed by atoms with van der Waals surface area (Å²) in [5.74, 6) is 6.73. The molecular formula is C31H31O3S+. The van der Waals surface area contributed by atoms with Crippen LogP contribution in [0.5, 0.6) is 5.75 Å². The van der Waals surface area contributed by atoms with Crippen LogP contribution in [-0.4, -0.2) is 18.2 Å². The molecule has 3 aromatic carbocycles. The fourth-order valence-corrected chi connectivity index (χ4v) is 7.75. The number of benzene rings is 3. The van der Waals surface area contributed by atoms with E-state index in [9.17, 15) is 4.79 Å². The van der Waals surface area contributed by atoms with Crippen LogP contribution in [0.2, 0.25) is 0 Å². The molecular weight excluding hydrogens is 452 g/mol. The highest BCUT2D eigenvalue weighted by Gasteiger charge is 2.36.